The van der Waals surface area contributed by atoms with Gasteiger partial charge in [0, 0.05) is 6.20 Å². The Hall–Kier alpha value is -0.880. The van der Waals surface area contributed by atoms with Crippen molar-refractivity contribution in [2.45, 2.75) is 103 Å². The summed E-state index contributed by atoms with van der Waals surface area (Å²) in [6.45, 7) is 2.28. The molecule has 0 spiro atoms. The maximum absolute atomic E-state index is 9.82. The van der Waals surface area contributed by atoms with Gasteiger partial charge in [-0.2, -0.15) is 4.99 Å². The molecule has 0 bridgehead atoms. The molecule has 0 aliphatic carbocycles. The summed E-state index contributed by atoms with van der Waals surface area (Å²) in [5.41, 5.74) is 0. The molecule has 0 aromatic carbocycles. The summed E-state index contributed by atoms with van der Waals surface area (Å²) in [7, 11) is 0. The normalized spacial score (nSPS) is 10.9. The first-order valence-corrected chi connectivity index (χ1v) is 9.13. The first kappa shape index (κ1) is 20.1. The molecule has 0 heterocycles. The van der Waals surface area contributed by atoms with Crippen LogP contribution in [0.4, 0.5) is 0 Å². The van der Waals surface area contributed by atoms with Gasteiger partial charge in [0.2, 0.25) is 6.08 Å². The maximum Gasteiger partial charge on any atom is 0.239 e. The van der Waals surface area contributed by atoms with E-state index in [4.69, 9.17) is 0 Å². The lowest BCUT2D eigenvalue weighted by Crippen LogP contribution is -1.83. The molecular formula is C19H35NO. The number of unbranched alkanes of at least 4 members (excludes halogenated alkanes) is 14. The van der Waals surface area contributed by atoms with Crippen molar-refractivity contribution in [2.75, 3.05) is 0 Å². The molecule has 0 aliphatic heterocycles. The molecule has 0 fully saturated rings. The van der Waals surface area contributed by atoms with Crippen molar-refractivity contribution in [3.05, 3.63) is 12.3 Å². The molecule has 0 N–H and O–H groups in total. The Morgan fingerprint density at radius 1 is 0.714 bits per heavy atom. The quantitative estimate of drug-likeness (QED) is 0.177. The van der Waals surface area contributed by atoms with Gasteiger partial charge < -0.3 is 0 Å². The molecule has 0 aromatic rings. The number of carbonyl (C=O) groups excluding carboxylic acids is 1. The van der Waals surface area contributed by atoms with E-state index in [2.05, 4.69) is 11.9 Å². The molecule has 0 unspecified atom stereocenters. The minimum atomic E-state index is 1.03. The van der Waals surface area contributed by atoms with Gasteiger partial charge >= 0.3 is 0 Å². The summed E-state index contributed by atoms with van der Waals surface area (Å²) in [5.74, 6) is 0. The van der Waals surface area contributed by atoms with Crippen LogP contribution in [0.5, 0.6) is 0 Å². The molecule has 0 aromatic heterocycles. The highest BCUT2D eigenvalue weighted by Crippen LogP contribution is 2.13. The maximum atomic E-state index is 9.82. The predicted molar refractivity (Wildman–Crippen MR) is 92.2 cm³/mol. The molecular weight excluding hydrogens is 258 g/mol. The number of aliphatic imine (C=N–C) groups is 1. The van der Waals surface area contributed by atoms with E-state index in [1.54, 1.807) is 6.20 Å². The third kappa shape index (κ3) is 19.1. The molecule has 0 radical (unpaired) electrons. The Labute approximate surface area is 132 Å². The van der Waals surface area contributed by atoms with Gasteiger partial charge in [-0.25, -0.2) is 4.79 Å². The van der Waals surface area contributed by atoms with Crippen LogP contribution in [0, 0.1) is 0 Å². The average Bonchev–Trinajstić information content (AvgIpc) is 2.50. The van der Waals surface area contributed by atoms with E-state index in [0.29, 0.717) is 0 Å². The van der Waals surface area contributed by atoms with Crippen molar-refractivity contribution in [3.63, 3.8) is 0 Å². The lowest BCUT2D eigenvalue weighted by atomic mass is 10.0. The van der Waals surface area contributed by atoms with Crippen molar-refractivity contribution in [3.8, 4) is 0 Å². The topological polar surface area (TPSA) is 29.4 Å². The van der Waals surface area contributed by atoms with Crippen LogP contribution in [-0.4, -0.2) is 6.08 Å². The number of nitrogens with zero attached hydrogens (tertiary/aromatic N) is 1. The molecule has 0 saturated heterocycles. The highest BCUT2D eigenvalue weighted by atomic mass is 16.1. The van der Waals surface area contributed by atoms with Gasteiger partial charge in [0.15, 0.2) is 0 Å². The van der Waals surface area contributed by atoms with Crippen molar-refractivity contribution in [1.82, 2.24) is 0 Å². The van der Waals surface area contributed by atoms with Gasteiger partial charge in [-0.1, -0.05) is 96.5 Å². The molecule has 0 aliphatic rings. The van der Waals surface area contributed by atoms with Crippen molar-refractivity contribution >= 4 is 6.08 Å². The summed E-state index contributed by atoms with van der Waals surface area (Å²) in [4.78, 5) is 13.2. The van der Waals surface area contributed by atoms with E-state index in [0.717, 1.165) is 6.42 Å². The molecule has 2 nitrogen and oxygen atoms in total. The van der Waals surface area contributed by atoms with Crippen LogP contribution in [0.15, 0.2) is 17.3 Å². The van der Waals surface area contributed by atoms with E-state index in [-0.39, 0.29) is 0 Å². The van der Waals surface area contributed by atoms with E-state index < -0.39 is 0 Å². The lowest BCUT2D eigenvalue weighted by Gasteiger charge is -2.02. The predicted octanol–water partition coefficient (Wildman–Crippen LogP) is 6.71. The van der Waals surface area contributed by atoms with Gasteiger partial charge in [0.1, 0.15) is 0 Å². The highest BCUT2D eigenvalue weighted by molar-refractivity contribution is 5.34. The SMILES string of the molecule is CCCCCCCCCCCCCCCC/C=C/N=C=O. The van der Waals surface area contributed by atoms with Crippen molar-refractivity contribution in [1.29, 1.82) is 0 Å². The summed E-state index contributed by atoms with van der Waals surface area (Å²) < 4.78 is 0. The summed E-state index contributed by atoms with van der Waals surface area (Å²) in [6.07, 6.45) is 25.5. The van der Waals surface area contributed by atoms with Crippen LogP contribution in [0.25, 0.3) is 0 Å². The summed E-state index contributed by atoms with van der Waals surface area (Å²) in [5, 5.41) is 0. The Morgan fingerprint density at radius 2 is 1.14 bits per heavy atom. The third-order valence-electron chi connectivity index (χ3n) is 3.96. The van der Waals surface area contributed by atoms with Gasteiger partial charge in [-0.3, -0.25) is 0 Å². The van der Waals surface area contributed by atoms with Gasteiger partial charge in [-0.05, 0) is 12.8 Å². The van der Waals surface area contributed by atoms with E-state index in [9.17, 15) is 4.79 Å². The fourth-order valence-electron chi connectivity index (χ4n) is 2.61. The van der Waals surface area contributed by atoms with E-state index >= 15 is 0 Å². The summed E-state index contributed by atoms with van der Waals surface area (Å²) >= 11 is 0. The average molecular weight is 293 g/mol. The Kier molecular flexibility index (Phi) is 18.3. The van der Waals surface area contributed by atoms with Crippen LogP contribution in [0.2, 0.25) is 0 Å². The van der Waals surface area contributed by atoms with Gasteiger partial charge in [-0.15, -0.1) is 0 Å². The zero-order valence-electron chi connectivity index (χ0n) is 14.1. The zero-order chi connectivity index (χ0) is 15.4. The minimum Gasteiger partial charge on any atom is -0.211 e. The van der Waals surface area contributed by atoms with E-state index in [1.807, 2.05) is 6.08 Å². The van der Waals surface area contributed by atoms with Crippen molar-refractivity contribution in [2.24, 2.45) is 4.99 Å². The van der Waals surface area contributed by atoms with Crippen LogP contribution < -0.4 is 0 Å². The number of hydrogen-bond donors (Lipinski definition) is 0. The number of allylic oxidation sites excluding steroid dienone is 1. The molecule has 0 rings (SSSR count). The van der Waals surface area contributed by atoms with Crippen LogP contribution >= 0.6 is 0 Å². The van der Waals surface area contributed by atoms with Gasteiger partial charge in [0.25, 0.3) is 0 Å². The molecule has 0 atom stereocenters. The minimum absolute atomic E-state index is 1.03. The van der Waals surface area contributed by atoms with E-state index in [1.165, 1.54) is 96.0 Å². The summed E-state index contributed by atoms with van der Waals surface area (Å²) in [6, 6.07) is 0. The fourth-order valence-corrected chi connectivity index (χ4v) is 2.61. The van der Waals surface area contributed by atoms with Crippen LogP contribution in [0.3, 0.4) is 0 Å². The fraction of sp³-hybridized carbons (Fsp3) is 0.842. The standard InChI is InChI=1S/C19H35NO/c1-2-3-4-5-6-7-8-9-10-11-12-13-14-15-16-17-18-20-19-21/h17-18H,2-16H2,1H3/b18-17+. The molecule has 122 valence electrons. The lowest BCUT2D eigenvalue weighted by molar-refractivity contribution is 0.536. The first-order chi connectivity index (χ1) is 10.4. The monoisotopic (exact) mass is 293 g/mol. The largest absolute Gasteiger partial charge is 0.239 e. The second-order valence-corrected chi connectivity index (χ2v) is 5.99. The molecule has 0 saturated carbocycles. The number of isocyanates is 1. The zero-order valence-corrected chi connectivity index (χ0v) is 14.1. The molecule has 21 heavy (non-hydrogen) atoms. The number of hydrogen-bond acceptors (Lipinski definition) is 2. The Balaban J connectivity index is 3.01. The van der Waals surface area contributed by atoms with Crippen LogP contribution in [-0.2, 0) is 4.79 Å². The second kappa shape index (κ2) is 19.1. The second-order valence-electron chi connectivity index (χ2n) is 5.99. The molecule has 0 amide bonds. The third-order valence-corrected chi connectivity index (χ3v) is 3.96. The van der Waals surface area contributed by atoms with Crippen LogP contribution in [0.1, 0.15) is 103 Å². The smallest absolute Gasteiger partial charge is 0.211 e. The first-order valence-electron chi connectivity index (χ1n) is 9.13. The van der Waals surface area contributed by atoms with Crippen molar-refractivity contribution < 1.29 is 4.79 Å². The molecule has 2 heteroatoms. The number of rotatable bonds is 16. The highest BCUT2D eigenvalue weighted by Gasteiger charge is 1.93. The van der Waals surface area contributed by atoms with Gasteiger partial charge in [0.05, 0.1) is 0 Å². The Bertz CT molecular complexity index is 267. The Morgan fingerprint density at radius 3 is 1.57 bits per heavy atom.